The Balaban J connectivity index is 1.97. The van der Waals surface area contributed by atoms with Crippen molar-refractivity contribution in [1.29, 1.82) is 0 Å². The maximum atomic E-state index is 13.6. The first kappa shape index (κ1) is 21.1. The standard InChI is InChI=1S/C20H22F2N2O4/c1-3-10-24(12-19(25)23-16-6-4-5-7-18(16)27-2)20(26)13-28-17-9-8-14(21)11-15(17)22/h4-9,11H,3,10,12-13H2,1-2H3,(H,23,25). The average molecular weight is 392 g/mol. The van der Waals surface area contributed by atoms with E-state index in [0.717, 1.165) is 12.1 Å². The summed E-state index contributed by atoms with van der Waals surface area (Å²) in [7, 11) is 1.49. The molecule has 0 spiro atoms. The van der Waals surface area contributed by atoms with Crippen LogP contribution in [0.2, 0.25) is 0 Å². The summed E-state index contributed by atoms with van der Waals surface area (Å²) in [6.45, 7) is 1.52. The van der Waals surface area contributed by atoms with Crippen LogP contribution in [0.15, 0.2) is 42.5 Å². The molecule has 2 aromatic carbocycles. The number of benzene rings is 2. The second-order valence-corrected chi connectivity index (χ2v) is 5.93. The Hall–Kier alpha value is -3.16. The van der Waals surface area contributed by atoms with Crippen LogP contribution in [-0.4, -0.2) is 43.5 Å². The van der Waals surface area contributed by atoms with Gasteiger partial charge in [0.15, 0.2) is 18.2 Å². The van der Waals surface area contributed by atoms with Crippen LogP contribution >= 0.6 is 0 Å². The lowest BCUT2D eigenvalue weighted by Crippen LogP contribution is -2.41. The van der Waals surface area contributed by atoms with Crippen molar-refractivity contribution in [3.63, 3.8) is 0 Å². The lowest BCUT2D eigenvalue weighted by atomic mass is 10.3. The maximum absolute atomic E-state index is 13.6. The van der Waals surface area contributed by atoms with Gasteiger partial charge in [0.25, 0.3) is 5.91 Å². The van der Waals surface area contributed by atoms with Crippen LogP contribution in [0.5, 0.6) is 11.5 Å². The highest BCUT2D eigenvalue weighted by molar-refractivity contribution is 5.95. The van der Waals surface area contributed by atoms with Crippen LogP contribution in [0.3, 0.4) is 0 Å². The SMILES string of the molecule is CCCN(CC(=O)Nc1ccccc1OC)C(=O)COc1ccc(F)cc1F. The molecule has 0 heterocycles. The molecule has 8 heteroatoms. The molecule has 0 bridgehead atoms. The van der Waals surface area contributed by atoms with Gasteiger partial charge in [-0.2, -0.15) is 0 Å². The summed E-state index contributed by atoms with van der Waals surface area (Å²) in [5.41, 5.74) is 0.489. The highest BCUT2D eigenvalue weighted by atomic mass is 19.1. The zero-order valence-electron chi connectivity index (χ0n) is 15.7. The van der Waals surface area contributed by atoms with Crippen LogP contribution in [0.25, 0.3) is 0 Å². The topological polar surface area (TPSA) is 67.9 Å². The summed E-state index contributed by atoms with van der Waals surface area (Å²) in [5, 5.41) is 2.69. The van der Waals surface area contributed by atoms with Crippen molar-refractivity contribution < 1.29 is 27.8 Å². The van der Waals surface area contributed by atoms with Gasteiger partial charge in [0.2, 0.25) is 5.91 Å². The van der Waals surface area contributed by atoms with Gasteiger partial charge in [-0.25, -0.2) is 8.78 Å². The van der Waals surface area contributed by atoms with Crippen molar-refractivity contribution in [2.24, 2.45) is 0 Å². The summed E-state index contributed by atoms with van der Waals surface area (Å²) in [6.07, 6.45) is 0.624. The third-order valence-electron chi connectivity index (χ3n) is 3.81. The molecule has 0 saturated carbocycles. The Morgan fingerprint density at radius 1 is 1.11 bits per heavy atom. The second kappa shape index (κ2) is 10.2. The molecule has 2 amide bonds. The van der Waals surface area contributed by atoms with Crippen LogP contribution in [0, 0.1) is 11.6 Å². The molecule has 0 unspecified atom stereocenters. The highest BCUT2D eigenvalue weighted by Crippen LogP contribution is 2.23. The predicted molar refractivity (Wildman–Crippen MR) is 100 cm³/mol. The van der Waals surface area contributed by atoms with Gasteiger partial charge in [0, 0.05) is 12.6 Å². The molecule has 0 fully saturated rings. The number of hydrogen-bond acceptors (Lipinski definition) is 4. The fourth-order valence-corrected chi connectivity index (χ4v) is 2.50. The van der Waals surface area contributed by atoms with Gasteiger partial charge in [-0.3, -0.25) is 9.59 Å². The number of anilines is 1. The summed E-state index contributed by atoms with van der Waals surface area (Å²) in [4.78, 5) is 26.0. The first-order valence-corrected chi connectivity index (χ1v) is 8.73. The molecule has 0 aliphatic heterocycles. The predicted octanol–water partition coefficient (Wildman–Crippen LogP) is 3.23. The molecule has 0 aliphatic carbocycles. The van der Waals surface area contributed by atoms with Gasteiger partial charge >= 0.3 is 0 Å². The van der Waals surface area contributed by atoms with Crippen LogP contribution in [0.4, 0.5) is 14.5 Å². The third-order valence-corrected chi connectivity index (χ3v) is 3.81. The second-order valence-electron chi connectivity index (χ2n) is 5.93. The van der Waals surface area contributed by atoms with Crippen LogP contribution in [0.1, 0.15) is 13.3 Å². The summed E-state index contributed by atoms with van der Waals surface area (Å²) in [5.74, 6) is -2.26. The maximum Gasteiger partial charge on any atom is 0.260 e. The van der Waals surface area contributed by atoms with Gasteiger partial charge in [0.05, 0.1) is 19.3 Å². The summed E-state index contributed by atoms with van der Waals surface area (Å²) < 4.78 is 36.8. The Kier molecular flexibility index (Phi) is 7.74. The van der Waals surface area contributed by atoms with Crippen LogP contribution < -0.4 is 14.8 Å². The molecule has 2 rings (SSSR count). The van der Waals surface area contributed by atoms with E-state index in [4.69, 9.17) is 9.47 Å². The lowest BCUT2D eigenvalue weighted by Gasteiger charge is -2.22. The number of carbonyl (C=O) groups excluding carboxylic acids is 2. The number of para-hydroxylation sites is 2. The van der Waals surface area contributed by atoms with Crippen molar-refractivity contribution in [3.05, 3.63) is 54.1 Å². The molecular weight excluding hydrogens is 370 g/mol. The molecule has 0 atom stereocenters. The minimum atomic E-state index is -0.899. The number of amides is 2. The molecule has 0 saturated heterocycles. The Labute approximate surface area is 162 Å². The first-order valence-electron chi connectivity index (χ1n) is 8.73. The molecule has 28 heavy (non-hydrogen) atoms. The zero-order valence-corrected chi connectivity index (χ0v) is 15.7. The number of halogens is 2. The number of nitrogens with zero attached hydrogens (tertiary/aromatic N) is 1. The normalized spacial score (nSPS) is 10.3. The van der Waals surface area contributed by atoms with E-state index in [1.54, 1.807) is 24.3 Å². The fourth-order valence-electron chi connectivity index (χ4n) is 2.50. The highest BCUT2D eigenvalue weighted by Gasteiger charge is 2.18. The zero-order chi connectivity index (χ0) is 20.5. The van der Waals surface area contributed by atoms with Crippen molar-refractivity contribution >= 4 is 17.5 Å². The number of hydrogen-bond donors (Lipinski definition) is 1. The van der Waals surface area contributed by atoms with E-state index < -0.39 is 30.1 Å². The molecule has 1 N–H and O–H groups in total. The van der Waals surface area contributed by atoms with E-state index >= 15 is 0 Å². The van der Waals surface area contributed by atoms with E-state index in [0.29, 0.717) is 30.5 Å². The Morgan fingerprint density at radius 2 is 1.86 bits per heavy atom. The number of rotatable bonds is 9. The fraction of sp³-hybridized carbons (Fsp3) is 0.300. The van der Waals surface area contributed by atoms with Crippen molar-refractivity contribution in [3.8, 4) is 11.5 Å². The van der Waals surface area contributed by atoms with Gasteiger partial charge in [-0.1, -0.05) is 19.1 Å². The lowest BCUT2D eigenvalue weighted by molar-refractivity contribution is -0.136. The quantitative estimate of drug-likeness (QED) is 0.712. The van der Waals surface area contributed by atoms with Gasteiger partial charge < -0.3 is 19.7 Å². The number of methoxy groups -OCH3 is 1. The van der Waals surface area contributed by atoms with Gasteiger partial charge in [-0.15, -0.1) is 0 Å². The smallest absolute Gasteiger partial charge is 0.260 e. The average Bonchev–Trinajstić information content (AvgIpc) is 2.67. The van der Waals surface area contributed by atoms with E-state index in [-0.39, 0.29) is 12.3 Å². The minimum absolute atomic E-state index is 0.194. The van der Waals surface area contributed by atoms with E-state index in [1.165, 1.54) is 12.0 Å². The molecule has 6 nitrogen and oxygen atoms in total. The number of carbonyl (C=O) groups is 2. The molecule has 0 aromatic heterocycles. The van der Waals surface area contributed by atoms with Gasteiger partial charge in [-0.05, 0) is 30.7 Å². The molecule has 0 aliphatic rings. The Bertz CT molecular complexity index is 830. The molecular formula is C20H22F2N2O4. The number of nitrogens with one attached hydrogen (secondary N) is 1. The molecule has 2 aromatic rings. The van der Waals surface area contributed by atoms with Gasteiger partial charge in [0.1, 0.15) is 11.6 Å². The van der Waals surface area contributed by atoms with Crippen LogP contribution in [-0.2, 0) is 9.59 Å². The summed E-state index contributed by atoms with van der Waals surface area (Å²) in [6, 6.07) is 9.72. The van der Waals surface area contributed by atoms with E-state index in [9.17, 15) is 18.4 Å². The molecule has 150 valence electrons. The largest absolute Gasteiger partial charge is 0.495 e. The van der Waals surface area contributed by atoms with E-state index in [1.807, 2.05) is 6.92 Å². The van der Waals surface area contributed by atoms with E-state index in [2.05, 4.69) is 5.32 Å². The summed E-state index contributed by atoms with van der Waals surface area (Å²) >= 11 is 0. The van der Waals surface area contributed by atoms with Crippen molar-refractivity contribution in [1.82, 2.24) is 4.90 Å². The first-order chi connectivity index (χ1) is 13.4. The number of ether oxygens (including phenoxy) is 2. The molecule has 0 radical (unpaired) electrons. The van der Waals surface area contributed by atoms with Crippen molar-refractivity contribution in [2.75, 3.05) is 32.1 Å². The monoisotopic (exact) mass is 392 g/mol. The Morgan fingerprint density at radius 3 is 2.54 bits per heavy atom. The minimum Gasteiger partial charge on any atom is -0.495 e. The third kappa shape index (κ3) is 5.94. The van der Waals surface area contributed by atoms with Crippen molar-refractivity contribution in [2.45, 2.75) is 13.3 Å².